The normalized spacial score (nSPS) is 11.0. The Morgan fingerprint density at radius 1 is 1.07 bits per heavy atom. The number of rotatable bonds is 8. The zero-order valence-corrected chi connectivity index (χ0v) is 17.0. The summed E-state index contributed by atoms with van der Waals surface area (Å²) in [4.78, 5) is 24.1. The molecular formula is C18H19BrN2O5S. The van der Waals surface area contributed by atoms with Gasteiger partial charge < -0.3 is 10.1 Å². The van der Waals surface area contributed by atoms with E-state index >= 15 is 0 Å². The van der Waals surface area contributed by atoms with Gasteiger partial charge in [-0.15, -0.1) is 0 Å². The topological polar surface area (TPSA) is 102 Å². The molecule has 0 spiro atoms. The van der Waals surface area contributed by atoms with Gasteiger partial charge in [0.15, 0.2) is 0 Å². The first kappa shape index (κ1) is 21.1. The Balaban J connectivity index is 1.93. The third kappa shape index (κ3) is 6.16. The summed E-state index contributed by atoms with van der Waals surface area (Å²) in [5, 5.41) is 2.60. The number of sulfonamides is 1. The number of hydrogen-bond acceptors (Lipinski definition) is 5. The van der Waals surface area contributed by atoms with E-state index in [0.29, 0.717) is 5.69 Å². The van der Waals surface area contributed by atoms with Gasteiger partial charge >= 0.3 is 5.97 Å². The van der Waals surface area contributed by atoms with Crippen LogP contribution in [0.3, 0.4) is 0 Å². The van der Waals surface area contributed by atoms with E-state index in [1.165, 1.54) is 12.1 Å². The van der Waals surface area contributed by atoms with Gasteiger partial charge in [-0.25, -0.2) is 17.9 Å². The molecule has 2 N–H and O–H groups in total. The number of para-hydroxylation sites is 1. The molecule has 1 amide bonds. The number of hydrogen-bond donors (Lipinski definition) is 2. The van der Waals surface area contributed by atoms with Gasteiger partial charge in [-0.3, -0.25) is 4.79 Å². The number of esters is 1. The van der Waals surface area contributed by atoms with E-state index in [2.05, 4.69) is 26.0 Å². The van der Waals surface area contributed by atoms with Crippen molar-refractivity contribution in [2.24, 2.45) is 0 Å². The van der Waals surface area contributed by atoms with E-state index in [4.69, 9.17) is 4.74 Å². The number of carbonyl (C=O) groups excluding carboxylic acids is 2. The van der Waals surface area contributed by atoms with Crippen molar-refractivity contribution in [3.63, 3.8) is 0 Å². The quantitative estimate of drug-likeness (QED) is 0.596. The van der Waals surface area contributed by atoms with Gasteiger partial charge in [0.1, 0.15) is 0 Å². The van der Waals surface area contributed by atoms with Crippen molar-refractivity contribution < 1.29 is 22.7 Å². The van der Waals surface area contributed by atoms with Crippen molar-refractivity contribution in [3.8, 4) is 0 Å². The number of anilines is 1. The van der Waals surface area contributed by atoms with Crippen LogP contribution in [0.25, 0.3) is 0 Å². The third-order valence-corrected chi connectivity index (χ3v) is 5.47. The molecule has 0 bridgehead atoms. The van der Waals surface area contributed by atoms with Gasteiger partial charge in [-0.2, -0.15) is 0 Å². The van der Waals surface area contributed by atoms with Crippen molar-refractivity contribution in [1.82, 2.24) is 4.72 Å². The van der Waals surface area contributed by atoms with E-state index in [1.54, 1.807) is 43.3 Å². The fourth-order valence-corrected chi connectivity index (χ4v) is 3.48. The van der Waals surface area contributed by atoms with Crippen LogP contribution >= 0.6 is 15.9 Å². The van der Waals surface area contributed by atoms with Crippen LogP contribution in [0.4, 0.5) is 5.69 Å². The monoisotopic (exact) mass is 454 g/mol. The second-order valence-corrected chi connectivity index (χ2v) is 8.10. The van der Waals surface area contributed by atoms with Gasteiger partial charge in [0.25, 0.3) is 0 Å². The molecule has 0 heterocycles. The zero-order chi connectivity index (χ0) is 19.9. The van der Waals surface area contributed by atoms with Crippen LogP contribution in [0.2, 0.25) is 0 Å². The second kappa shape index (κ2) is 9.63. The standard InChI is InChI=1S/C18H19BrN2O5S/c1-2-26-18(23)15-5-3-4-6-16(15)21-17(22)11-12-20-27(24,25)14-9-7-13(19)8-10-14/h3-10,20H,2,11-12H2,1H3,(H,21,22). The molecule has 0 saturated heterocycles. The molecule has 0 radical (unpaired) electrons. The molecule has 0 saturated carbocycles. The minimum Gasteiger partial charge on any atom is -0.462 e. The first-order valence-corrected chi connectivity index (χ1v) is 10.4. The summed E-state index contributed by atoms with van der Waals surface area (Å²) < 4.78 is 32.4. The summed E-state index contributed by atoms with van der Waals surface area (Å²) in [6.45, 7) is 1.83. The number of halogens is 1. The van der Waals surface area contributed by atoms with Gasteiger partial charge in [-0.05, 0) is 43.3 Å². The van der Waals surface area contributed by atoms with Crippen LogP contribution in [0.5, 0.6) is 0 Å². The predicted octanol–water partition coefficient (Wildman–Crippen LogP) is 2.93. The molecule has 0 aliphatic heterocycles. The third-order valence-electron chi connectivity index (χ3n) is 3.46. The first-order chi connectivity index (χ1) is 12.8. The highest BCUT2D eigenvalue weighted by Gasteiger charge is 2.16. The maximum absolute atomic E-state index is 12.2. The SMILES string of the molecule is CCOC(=O)c1ccccc1NC(=O)CCNS(=O)(=O)c1ccc(Br)cc1. The average molecular weight is 455 g/mol. The van der Waals surface area contributed by atoms with Crippen LogP contribution in [0.15, 0.2) is 57.9 Å². The molecular weight excluding hydrogens is 436 g/mol. The maximum atomic E-state index is 12.2. The second-order valence-electron chi connectivity index (χ2n) is 5.42. The van der Waals surface area contributed by atoms with Gasteiger partial charge in [0.05, 0.1) is 22.8 Å². The highest BCUT2D eigenvalue weighted by atomic mass is 79.9. The molecule has 2 aromatic carbocycles. The summed E-state index contributed by atoms with van der Waals surface area (Å²) in [5.41, 5.74) is 0.555. The molecule has 0 unspecified atom stereocenters. The lowest BCUT2D eigenvalue weighted by Gasteiger charge is -2.11. The van der Waals surface area contributed by atoms with E-state index in [9.17, 15) is 18.0 Å². The average Bonchev–Trinajstić information content (AvgIpc) is 2.62. The minimum atomic E-state index is -3.70. The Bertz CT molecular complexity index is 914. The molecule has 0 atom stereocenters. The summed E-state index contributed by atoms with van der Waals surface area (Å²) in [7, 11) is -3.70. The highest BCUT2D eigenvalue weighted by Crippen LogP contribution is 2.17. The Morgan fingerprint density at radius 2 is 1.74 bits per heavy atom. The number of nitrogens with one attached hydrogen (secondary N) is 2. The Labute approximate surface area is 166 Å². The molecule has 9 heteroatoms. The number of amides is 1. The molecule has 2 aromatic rings. The first-order valence-electron chi connectivity index (χ1n) is 8.14. The fourth-order valence-electron chi connectivity index (χ4n) is 2.19. The van der Waals surface area contributed by atoms with Crippen molar-refractivity contribution in [2.45, 2.75) is 18.2 Å². The molecule has 2 rings (SSSR count). The predicted molar refractivity (Wildman–Crippen MR) is 105 cm³/mol. The van der Waals surface area contributed by atoms with E-state index in [1.807, 2.05) is 0 Å². The van der Waals surface area contributed by atoms with Gasteiger partial charge in [-0.1, -0.05) is 28.1 Å². The van der Waals surface area contributed by atoms with Gasteiger partial charge in [0.2, 0.25) is 15.9 Å². The molecule has 0 fully saturated rings. The Kier molecular flexibility index (Phi) is 7.52. The van der Waals surface area contributed by atoms with Crippen LogP contribution < -0.4 is 10.0 Å². The number of benzene rings is 2. The van der Waals surface area contributed by atoms with Crippen molar-refractivity contribution >= 4 is 43.5 Å². The van der Waals surface area contributed by atoms with E-state index in [0.717, 1.165) is 4.47 Å². The van der Waals surface area contributed by atoms with Crippen LogP contribution in [0, 0.1) is 0 Å². The smallest absolute Gasteiger partial charge is 0.340 e. The van der Waals surface area contributed by atoms with E-state index in [-0.39, 0.29) is 30.0 Å². The molecule has 144 valence electrons. The zero-order valence-electron chi connectivity index (χ0n) is 14.6. The van der Waals surface area contributed by atoms with Crippen molar-refractivity contribution in [3.05, 3.63) is 58.6 Å². The number of carbonyl (C=O) groups is 2. The molecule has 7 nitrogen and oxygen atoms in total. The van der Waals surface area contributed by atoms with Crippen LogP contribution in [-0.2, 0) is 19.6 Å². The maximum Gasteiger partial charge on any atom is 0.340 e. The molecule has 27 heavy (non-hydrogen) atoms. The van der Waals surface area contributed by atoms with Crippen LogP contribution in [-0.4, -0.2) is 33.4 Å². The minimum absolute atomic E-state index is 0.0776. The summed E-state index contributed by atoms with van der Waals surface area (Å²) in [5.74, 6) is -0.963. The molecule has 0 aliphatic carbocycles. The Hall–Kier alpha value is -2.23. The lowest BCUT2D eigenvalue weighted by Crippen LogP contribution is -2.28. The van der Waals surface area contributed by atoms with Gasteiger partial charge in [0, 0.05) is 17.4 Å². The van der Waals surface area contributed by atoms with E-state index < -0.39 is 21.9 Å². The van der Waals surface area contributed by atoms with Crippen LogP contribution in [0.1, 0.15) is 23.7 Å². The van der Waals surface area contributed by atoms with Crippen molar-refractivity contribution in [1.29, 1.82) is 0 Å². The highest BCUT2D eigenvalue weighted by molar-refractivity contribution is 9.10. The largest absolute Gasteiger partial charge is 0.462 e. The fraction of sp³-hybridized carbons (Fsp3) is 0.222. The lowest BCUT2D eigenvalue weighted by atomic mass is 10.1. The Morgan fingerprint density at radius 3 is 2.41 bits per heavy atom. The summed E-state index contributed by atoms with van der Waals surface area (Å²) in [6.07, 6.45) is -0.0904. The number of ether oxygens (including phenoxy) is 1. The molecule has 0 aliphatic rings. The summed E-state index contributed by atoms with van der Waals surface area (Å²) >= 11 is 3.24. The summed E-state index contributed by atoms with van der Waals surface area (Å²) in [6, 6.07) is 12.6. The van der Waals surface area contributed by atoms with Crippen molar-refractivity contribution in [2.75, 3.05) is 18.5 Å². The lowest BCUT2D eigenvalue weighted by molar-refractivity contribution is -0.116. The molecule has 0 aromatic heterocycles.